The second kappa shape index (κ2) is 4.84. The lowest BCUT2D eigenvalue weighted by Gasteiger charge is -2.29. The summed E-state index contributed by atoms with van der Waals surface area (Å²) in [6.07, 6.45) is 1.42. The summed E-state index contributed by atoms with van der Waals surface area (Å²) in [7, 11) is 0. The minimum absolute atomic E-state index is 0.0775. The number of halogens is 1. The molecule has 0 aliphatic carbocycles. The number of carbonyl (C=O) groups excluding carboxylic acids is 1. The van der Waals surface area contributed by atoms with Gasteiger partial charge in [0.15, 0.2) is 0 Å². The van der Waals surface area contributed by atoms with E-state index in [-0.39, 0.29) is 23.7 Å². The Hall–Kier alpha value is -1.42. The van der Waals surface area contributed by atoms with E-state index >= 15 is 0 Å². The van der Waals surface area contributed by atoms with Crippen LogP contribution < -0.4 is 11.1 Å². The summed E-state index contributed by atoms with van der Waals surface area (Å²) in [5.41, 5.74) is 7.02. The number of amides is 1. The summed E-state index contributed by atoms with van der Waals surface area (Å²) in [6.45, 7) is 2.64. The fourth-order valence-electron chi connectivity index (χ4n) is 2.39. The first-order valence-electron chi connectivity index (χ1n) is 5.86. The monoisotopic (exact) mass is 236 g/mol. The number of nitrogens with one attached hydrogen (secondary N) is 1. The molecule has 2 rings (SSSR count). The van der Waals surface area contributed by atoms with Gasteiger partial charge in [-0.15, -0.1) is 0 Å². The summed E-state index contributed by atoms with van der Waals surface area (Å²) in [6, 6.07) is 4.77. The zero-order valence-electron chi connectivity index (χ0n) is 9.87. The molecule has 1 heterocycles. The van der Waals surface area contributed by atoms with Crippen molar-refractivity contribution in [1.82, 2.24) is 5.32 Å². The Labute approximate surface area is 100 Å². The van der Waals surface area contributed by atoms with Gasteiger partial charge >= 0.3 is 0 Å². The van der Waals surface area contributed by atoms with Crippen LogP contribution in [0.1, 0.15) is 29.9 Å². The van der Waals surface area contributed by atoms with Crippen molar-refractivity contribution in [2.45, 2.75) is 31.7 Å². The predicted octanol–water partition coefficient (Wildman–Crippen LogP) is 1.46. The molecule has 0 radical (unpaired) electrons. The molecule has 17 heavy (non-hydrogen) atoms. The van der Waals surface area contributed by atoms with Crippen LogP contribution in [-0.4, -0.2) is 18.5 Å². The first-order chi connectivity index (χ1) is 8.08. The maximum absolute atomic E-state index is 13.7. The Kier molecular flexibility index (Phi) is 3.43. The lowest BCUT2D eigenvalue weighted by Crippen LogP contribution is -2.46. The minimum Gasteiger partial charge on any atom is -0.368 e. The average Bonchev–Trinajstić information content (AvgIpc) is 2.32. The normalized spacial score (nSPS) is 24.6. The van der Waals surface area contributed by atoms with Crippen molar-refractivity contribution in [2.24, 2.45) is 5.73 Å². The van der Waals surface area contributed by atoms with Crippen LogP contribution in [0.5, 0.6) is 0 Å². The van der Waals surface area contributed by atoms with E-state index in [9.17, 15) is 9.18 Å². The lowest BCUT2D eigenvalue weighted by molar-refractivity contribution is -0.120. The Bertz CT molecular complexity index is 433. The Morgan fingerprint density at radius 1 is 1.53 bits per heavy atom. The van der Waals surface area contributed by atoms with E-state index in [1.54, 1.807) is 6.07 Å². The average molecular weight is 236 g/mol. The van der Waals surface area contributed by atoms with Gasteiger partial charge in [0.2, 0.25) is 5.91 Å². The molecule has 1 aliphatic heterocycles. The van der Waals surface area contributed by atoms with Gasteiger partial charge in [-0.3, -0.25) is 4.79 Å². The molecule has 1 saturated heterocycles. The molecule has 1 fully saturated rings. The molecule has 1 amide bonds. The molecule has 0 bridgehead atoms. The molecule has 0 spiro atoms. The summed E-state index contributed by atoms with van der Waals surface area (Å²) in [5.74, 6) is -0.470. The van der Waals surface area contributed by atoms with Gasteiger partial charge in [0.05, 0.1) is 6.04 Å². The maximum Gasteiger partial charge on any atom is 0.234 e. The first-order valence-corrected chi connectivity index (χ1v) is 5.86. The van der Waals surface area contributed by atoms with E-state index in [1.807, 2.05) is 13.0 Å². The second-order valence-corrected chi connectivity index (χ2v) is 4.66. The summed E-state index contributed by atoms with van der Waals surface area (Å²) < 4.78 is 13.7. The van der Waals surface area contributed by atoms with Crippen LogP contribution in [0.3, 0.4) is 0 Å². The molecule has 1 aliphatic rings. The van der Waals surface area contributed by atoms with E-state index in [0.29, 0.717) is 18.5 Å². The number of aryl methyl sites for hydroxylation is 1. The molecule has 0 saturated carbocycles. The van der Waals surface area contributed by atoms with E-state index in [2.05, 4.69) is 5.32 Å². The largest absolute Gasteiger partial charge is 0.368 e. The molecule has 0 aromatic heterocycles. The number of primary amides is 1. The third kappa shape index (κ3) is 2.64. The van der Waals surface area contributed by atoms with E-state index in [4.69, 9.17) is 5.73 Å². The molecular formula is C13H17FN2O. The first kappa shape index (κ1) is 12.0. The molecule has 3 nitrogen and oxygen atoms in total. The summed E-state index contributed by atoms with van der Waals surface area (Å²) in [5, 5.41) is 3.06. The number of carbonyl (C=O) groups is 1. The standard InChI is InChI=1S/C13H17FN2O/c1-8-2-3-11(14)10(6-8)9-4-5-16-12(7-9)13(15)17/h2-3,6,9,12,16H,4-5,7H2,1H3,(H2,15,17). The molecule has 3 N–H and O–H groups in total. The van der Waals surface area contributed by atoms with Crippen molar-refractivity contribution >= 4 is 5.91 Å². The highest BCUT2D eigenvalue weighted by molar-refractivity contribution is 5.80. The highest BCUT2D eigenvalue weighted by Crippen LogP contribution is 2.30. The van der Waals surface area contributed by atoms with Gasteiger partial charge < -0.3 is 11.1 Å². The quantitative estimate of drug-likeness (QED) is 0.816. The van der Waals surface area contributed by atoms with Crippen molar-refractivity contribution in [3.8, 4) is 0 Å². The Morgan fingerprint density at radius 3 is 3.00 bits per heavy atom. The third-order valence-electron chi connectivity index (χ3n) is 3.34. The van der Waals surface area contributed by atoms with E-state index < -0.39 is 0 Å². The number of benzene rings is 1. The zero-order valence-corrected chi connectivity index (χ0v) is 9.87. The molecule has 2 unspecified atom stereocenters. The van der Waals surface area contributed by atoms with Gasteiger partial charge in [0, 0.05) is 0 Å². The molecule has 2 atom stereocenters. The molecule has 4 heteroatoms. The Morgan fingerprint density at radius 2 is 2.29 bits per heavy atom. The van der Waals surface area contributed by atoms with Gasteiger partial charge in [-0.05, 0) is 43.9 Å². The van der Waals surface area contributed by atoms with E-state index in [0.717, 1.165) is 12.0 Å². The zero-order chi connectivity index (χ0) is 12.4. The van der Waals surface area contributed by atoms with Crippen molar-refractivity contribution in [3.63, 3.8) is 0 Å². The highest BCUT2D eigenvalue weighted by Gasteiger charge is 2.27. The smallest absolute Gasteiger partial charge is 0.234 e. The van der Waals surface area contributed by atoms with Crippen molar-refractivity contribution in [3.05, 3.63) is 35.1 Å². The van der Waals surface area contributed by atoms with Crippen LogP contribution in [0.2, 0.25) is 0 Å². The number of rotatable bonds is 2. The van der Waals surface area contributed by atoms with Crippen LogP contribution in [0.15, 0.2) is 18.2 Å². The molecular weight excluding hydrogens is 219 g/mol. The van der Waals surface area contributed by atoms with Crippen molar-refractivity contribution in [2.75, 3.05) is 6.54 Å². The molecule has 92 valence electrons. The van der Waals surface area contributed by atoms with Crippen LogP contribution >= 0.6 is 0 Å². The van der Waals surface area contributed by atoms with Crippen LogP contribution in [0.25, 0.3) is 0 Å². The number of hydrogen-bond donors (Lipinski definition) is 2. The number of piperidine rings is 1. The summed E-state index contributed by atoms with van der Waals surface area (Å²) in [4.78, 5) is 11.1. The lowest BCUT2D eigenvalue weighted by atomic mass is 9.85. The van der Waals surface area contributed by atoms with Gasteiger partial charge in [0.1, 0.15) is 5.82 Å². The van der Waals surface area contributed by atoms with Crippen molar-refractivity contribution in [1.29, 1.82) is 0 Å². The van der Waals surface area contributed by atoms with Gasteiger partial charge in [-0.2, -0.15) is 0 Å². The van der Waals surface area contributed by atoms with Gasteiger partial charge in [-0.1, -0.05) is 17.7 Å². The SMILES string of the molecule is Cc1ccc(F)c(C2CCNC(C(N)=O)C2)c1. The second-order valence-electron chi connectivity index (χ2n) is 4.66. The topological polar surface area (TPSA) is 55.1 Å². The maximum atomic E-state index is 13.7. The number of hydrogen-bond acceptors (Lipinski definition) is 2. The molecule has 1 aromatic rings. The van der Waals surface area contributed by atoms with Crippen LogP contribution in [-0.2, 0) is 4.79 Å². The van der Waals surface area contributed by atoms with E-state index in [1.165, 1.54) is 6.07 Å². The van der Waals surface area contributed by atoms with Gasteiger partial charge in [-0.25, -0.2) is 4.39 Å². The fraction of sp³-hybridized carbons (Fsp3) is 0.462. The van der Waals surface area contributed by atoms with Crippen LogP contribution in [0.4, 0.5) is 4.39 Å². The van der Waals surface area contributed by atoms with Gasteiger partial charge in [0.25, 0.3) is 0 Å². The Balaban J connectivity index is 2.21. The summed E-state index contributed by atoms with van der Waals surface area (Å²) >= 11 is 0. The highest BCUT2D eigenvalue weighted by atomic mass is 19.1. The fourth-order valence-corrected chi connectivity index (χ4v) is 2.39. The minimum atomic E-state index is -0.359. The van der Waals surface area contributed by atoms with Crippen molar-refractivity contribution < 1.29 is 9.18 Å². The molecule has 1 aromatic carbocycles. The number of nitrogens with two attached hydrogens (primary N) is 1. The third-order valence-corrected chi connectivity index (χ3v) is 3.34. The van der Waals surface area contributed by atoms with Crippen LogP contribution in [0, 0.1) is 12.7 Å². The predicted molar refractivity (Wildman–Crippen MR) is 64.1 cm³/mol.